The number of carbonyl (C=O) groups is 1. The van der Waals surface area contributed by atoms with Crippen LogP contribution in [0.25, 0.3) is 10.9 Å². The van der Waals surface area contributed by atoms with Gasteiger partial charge in [-0.15, -0.1) is 0 Å². The molecule has 3 aromatic rings. The van der Waals surface area contributed by atoms with E-state index in [0.29, 0.717) is 19.3 Å². The summed E-state index contributed by atoms with van der Waals surface area (Å²) in [6.07, 6.45) is 1.65. The van der Waals surface area contributed by atoms with E-state index < -0.39 is 27.9 Å². The van der Waals surface area contributed by atoms with Gasteiger partial charge in [0.2, 0.25) is 10.0 Å². The van der Waals surface area contributed by atoms with Gasteiger partial charge in [-0.3, -0.25) is 0 Å². The Morgan fingerprint density at radius 2 is 1.87 bits per heavy atom. The van der Waals surface area contributed by atoms with E-state index in [1.165, 1.54) is 16.4 Å². The molecular formula is C22H23FN2O4S. The van der Waals surface area contributed by atoms with Gasteiger partial charge in [0.1, 0.15) is 11.9 Å². The lowest BCUT2D eigenvalue weighted by molar-refractivity contribution is -0.140. The highest BCUT2D eigenvalue weighted by Crippen LogP contribution is 2.36. The largest absolute Gasteiger partial charge is 0.480 e. The molecule has 0 radical (unpaired) electrons. The number of nitrogens with zero attached hydrogens (tertiary/aromatic N) is 2. The molecule has 1 heterocycles. The average Bonchev–Trinajstić information content (AvgIpc) is 3.06. The lowest BCUT2D eigenvalue weighted by Gasteiger charge is -2.31. The zero-order valence-electron chi connectivity index (χ0n) is 16.7. The monoisotopic (exact) mass is 430 g/mol. The van der Waals surface area contributed by atoms with Gasteiger partial charge < -0.3 is 9.67 Å². The highest BCUT2D eigenvalue weighted by atomic mass is 32.2. The van der Waals surface area contributed by atoms with Crippen LogP contribution in [-0.2, 0) is 27.7 Å². The summed E-state index contributed by atoms with van der Waals surface area (Å²) in [5.41, 5.74) is 2.80. The molecule has 0 saturated heterocycles. The molecule has 0 saturated carbocycles. The number of hydrogen-bond acceptors (Lipinski definition) is 3. The molecule has 0 amide bonds. The van der Waals surface area contributed by atoms with Crippen LogP contribution in [0.15, 0.2) is 53.4 Å². The summed E-state index contributed by atoms with van der Waals surface area (Å²) in [4.78, 5) is 11.7. The number of sulfonamides is 1. The molecule has 0 aliphatic heterocycles. The van der Waals surface area contributed by atoms with E-state index in [4.69, 9.17) is 0 Å². The summed E-state index contributed by atoms with van der Waals surface area (Å²) >= 11 is 0. The summed E-state index contributed by atoms with van der Waals surface area (Å²) in [5, 5.41) is 10.5. The zero-order chi connectivity index (χ0) is 21.6. The van der Waals surface area contributed by atoms with Gasteiger partial charge >= 0.3 is 5.97 Å². The Labute approximate surface area is 174 Å². The topological polar surface area (TPSA) is 79.6 Å². The minimum Gasteiger partial charge on any atom is -0.480 e. The van der Waals surface area contributed by atoms with Gasteiger partial charge in [-0.2, -0.15) is 4.31 Å². The van der Waals surface area contributed by atoms with Crippen LogP contribution >= 0.6 is 0 Å². The Balaban J connectivity index is 1.72. The molecule has 6 nitrogen and oxygen atoms in total. The molecule has 0 spiro atoms. The van der Waals surface area contributed by atoms with E-state index in [9.17, 15) is 22.7 Å². The first-order chi connectivity index (χ1) is 14.2. The van der Waals surface area contributed by atoms with Crippen molar-refractivity contribution in [3.8, 4) is 0 Å². The first-order valence-electron chi connectivity index (χ1n) is 9.79. The maximum absolute atomic E-state index is 13.2. The predicted octanol–water partition coefficient (Wildman–Crippen LogP) is 3.60. The Morgan fingerprint density at radius 3 is 2.53 bits per heavy atom. The summed E-state index contributed by atoms with van der Waals surface area (Å²) in [5.74, 6) is -1.39. The number of aromatic nitrogens is 1. The molecule has 4 rings (SSSR count). The normalized spacial score (nSPS) is 17.8. The molecule has 30 heavy (non-hydrogen) atoms. The van der Waals surface area contributed by atoms with Crippen LogP contribution < -0.4 is 0 Å². The molecule has 0 fully saturated rings. The molecular weight excluding hydrogens is 407 g/mol. The van der Waals surface area contributed by atoms with Gasteiger partial charge in [-0.1, -0.05) is 18.2 Å². The molecule has 1 aliphatic rings. The number of para-hydroxylation sites is 1. The summed E-state index contributed by atoms with van der Waals surface area (Å²) in [7, 11) is -2.22. The Hall–Kier alpha value is -2.71. The summed E-state index contributed by atoms with van der Waals surface area (Å²) in [6.45, 7) is 1.66. The Kier molecular flexibility index (Phi) is 5.15. The van der Waals surface area contributed by atoms with Gasteiger partial charge in [0, 0.05) is 29.7 Å². The molecule has 2 atom stereocenters. The number of halogens is 1. The van der Waals surface area contributed by atoms with Crippen molar-refractivity contribution in [2.45, 2.75) is 43.2 Å². The number of likely N-dealkylation sites (N-methyl/N-ethyl adjacent to an activating group) is 1. The van der Waals surface area contributed by atoms with Crippen molar-refractivity contribution in [3.05, 3.63) is 65.6 Å². The third-order valence-corrected chi connectivity index (χ3v) is 7.96. The van der Waals surface area contributed by atoms with E-state index in [1.807, 2.05) is 28.8 Å². The highest BCUT2D eigenvalue weighted by Gasteiger charge is 2.34. The van der Waals surface area contributed by atoms with Gasteiger partial charge in [0.15, 0.2) is 0 Å². The molecule has 2 aromatic carbocycles. The lowest BCUT2D eigenvalue weighted by atomic mass is 9.91. The van der Waals surface area contributed by atoms with E-state index in [2.05, 4.69) is 0 Å². The van der Waals surface area contributed by atoms with Gasteiger partial charge in [-0.05, 0) is 62.1 Å². The number of aliphatic carboxylic acids is 1. The van der Waals surface area contributed by atoms with Crippen molar-refractivity contribution in [2.75, 3.05) is 7.05 Å². The molecule has 2 unspecified atom stereocenters. The maximum atomic E-state index is 13.2. The minimum absolute atomic E-state index is 0.0547. The fraction of sp³-hybridized carbons (Fsp3) is 0.318. The first-order valence-corrected chi connectivity index (χ1v) is 11.2. The molecule has 158 valence electrons. The fourth-order valence-electron chi connectivity index (χ4n) is 4.36. The number of benzene rings is 2. The van der Waals surface area contributed by atoms with Gasteiger partial charge in [-0.25, -0.2) is 17.6 Å². The van der Waals surface area contributed by atoms with Crippen LogP contribution in [0.4, 0.5) is 4.39 Å². The maximum Gasteiger partial charge on any atom is 0.326 e. The molecule has 1 aliphatic carbocycles. The van der Waals surface area contributed by atoms with Gasteiger partial charge in [0.05, 0.1) is 4.90 Å². The number of carboxylic acids is 1. The number of hydrogen-bond donors (Lipinski definition) is 1. The van der Waals surface area contributed by atoms with Crippen molar-refractivity contribution in [1.29, 1.82) is 0 Å². The molecule has 1 N–H and O–H groups in total. The van der Waals surface area contributed by atoms with E-state index in [0.717, 1.165) is 34.3 Å². The van der Waals surface area contributed by atoms with E-state index in [-0.39, 0.29) is 10.9 Å². The third-order valence-electron chi connectivity index (χ3n) is 6.03. The van der Waals surface area contributed by atoms with Crippen molar-refractivity contribution in [3.63, 3.8) is 0 Å². The second kappa shape index (κ2) is 7.52. The van der Waals surface area contributed by atoms with E-state index in [1.54, 1.807) is 14.0 Å². The lowest BCUT2D eigenvalue weighted by Crippen LogP contribution is -2.40. The first kappa shape index (κ1) is 20.6. The van der Waals surface area contributed by atoms with Crippen LogP contribution in [0.5, 0.6) is 0 Å². The Bertz CT molecular complexity index is 1220. The third kappa shape index (κ3) is 3.30. The predicted molar refractivity (Wildman–Crippen MR) is 111 cm³/mol. The van der Waals surface area contributed by atoms with Crippen LogP contribution in [0, 0.1) is 5.82 Å². The fourth-order valence-corrected chi connectivity index (χ4v) is 5.74. The van der Waals surface area contributed by atoms with Crippen molar-refractivity contribution >= 4 is 26.9 Å². The SMILES string of the molecule is CC(C(=O)O)n1c2c(c3ccccc31)CC(N(C)S(=O)(=O)c1ccc(F)cc1)CC2. The highest BCUT2D eigenvalue weighted by molar-refractivity contribution is 7.89. The van der Waals surface area contributed by atoms with E-state index >= 15 is 0 Å². The Morgan fingerprint density at radius 1 is 1.20 bits per heavy atom. The smallest absolute Gasteiger partial charge is 0.326 e. The second-order valence-electron chi connectivity index (χ2n) is 7.70. The minimum atomic E-state index is -3.77. The van der Waals surface area contributed by atoms with Crippen LogP contribution in [0.2, 0.25) is 0 Å². The van der Waals surface area contributed by atoms with Crippen LogP contribution in [-0.4, -0.2) is 41.5 Å². The number of fused-ring (bicyclic) bond motifs is 3. The van der Waals surface area contributed by atoms with Crippen molar-refractivity contribution in [1.82, 2.24) is 8.87 Å². The summed E-state index contributed by atoms with van der Waals surface area (Å²) in [6, 6.07) is 11.5. The quantitative estimate of drug-likeness (QED) is 0.671. The van der Waals surface area contributed by atoms with Crippen molar-refractivity contribution < 1.29 is 22.7 Å². The number of rotatable bonds is 5. The molecule has 8 heteroatoms. The van der Waals surface area contributed by atoms with Crippen molar-refractivity contribution in [2.24, 2.45) is 0 Å². The zero-order valence-corrected chi connectivity index (χ0v) is 17.6. The molecule has 1 aromatic heterocycles. The van der Waals surface area contributed by atoms with Crippen LogP contribution in [0.1, 0.15) is 30.6 Å². The standard InChI is InChI=1S/C22H23FN2O4S/c1-14(22(26)27)25-20-6-4-3-5-18(20)19-13-16(9-12-21(19)25)24(2)30(28,29)17-10-7-15(23)8-11-17/h3-8,10-11,14,16H,9,12-13H2,1-2H3,(H,26,27). The number of carboxylic acid groups (broad SMARTS) is 1. The summed E-state index contributed by atoms with van der Waals surface area (Å²) < 4.78 is 42.5. The van der Waals surface area contributed by atoms with Gasteiger partial charge in [0.25, 0.3) is 0 Å². The van der Waals surface area contributed by atoms with Crippen LogP contribution in [0.3, 0.4) is 0 Å². The second-order valence-corrected chi connectivity index (χ2v) is 9.70. The molecule has 0 bridgehead atoms. The average molecular weight is 431 g/mol.